The maximum absolute atomic E-state index is 4.70. The normalized spacial score (nSPS) is 18.9. The Morgan fingerprint density at radius 2 is 2.17 bits per heavy atom. The van der Waals surface area contributed by atoms with Crippen molar-refractivity contribution in [1.82, 2.24) is 15.2 Å². The first-order chi connectivity index (χ1) is 11.0. The molecule has 0 spiro atoms. The summed E-state index contributed by atoms with van der Waals surface area (Å²) in [6.45, 7) is 12.1. The smallest absolute Gasteiger partial charge is 0.193 e. The highest BCUT2D eigenvalue weighted by molar-refractivity contribution is 14.0. The van der Waals surface area contributed by atoms with Crippen LogP contribution >= 0.6 is 47.1 Å². The van der Waals surface area contributed by atoms with Gasteiger partial charge in [0.15, 0.2) is 5.96 Å². The van der Waals surface area contributed by atoms with E-state index in [2.05, 4.69) is 60.0 Å². The van der Waals surface area contributed by atoms with Crippen LogP contribution in [0.25, 0.3) is 0 Å². The van der Waals surface area contributed by atoms with E-state index in [0.717, 1.165) is 32.0 Å². The van der Waals surface area contributed by atoms with Gasteiger partial charge in [-0.2, -0.15) is 11.8 Å². The fraction of sp³-hybridized carbons (Fsp3) is 0.765. The third kappa shape index (κ3) is 6.37. The van der Waals surface area contributed by atoms with E-state index in [1.807, 2.05) is 7.05 Å². The number of aliphatic imine (C=N–C) groups is 1. The lowest BCUT2D eigenvalue weighted by Crippen LogP contribution is -2.49. The average molecular weight is 483 g/mol. The van der Waals surface area contributed by atoms with Gasteiger partial charge in [0, 0.05) is 55.4 Å². The van der Waals surface area contributed by atoms with Crippen LogP contribution in [0.15, 0.2) is 10.4 Å². The van der Waals surface area contributed by atoms with Gasteiger partial charge in [-0.15, -0.1) is 35.3 Å². The third-order valence-corrected chi connectivity index (χ3v) is 6.81. The molecule has 0 aromatic carbocycles. The van der Waals surface area contributed by atoms with Crippen LogP contribution in [-0.2, 0) is 6.42 Å². The molecule has 0 aliphatic carbocycles. The summed E-state index contributed by atoms with van der Waals surface area (Å²) in [6, 6.07) is 0. The summed E-state index contributed by atoms with van der Waals surface area (Å²) in [5, 5.41) is 7.64. The predicted molar refractivity (Wildman–Crippen MR) is 119 cm³/mol. The monoisotopic (exact) mass is 482 g/mol. The van der Waals surface area contributed by atoms with Gasteiger partial charge in [0.1, 0.15) is 0 Å². The maximum atomic E-state index is 4.70. The van der Waals surface area contributed by atoms with Crippen molar-refractivity contribution < 1.29 is 0 Å². The minimum absolute atomic E-state index is 0. The lowest BCUT2D eigenvalue weighted by atomic mass is 10.1. The maximum Gasteiger partial charge on any atom is 0.193 e. The number of nitrogens with one attached hydrogen (secondary N) is 1. The van der Waals surface area contributed by atoms with Gasteiger partial charge in [-0.3, -0.25) is 4.99 Å². The van der Waals surface area contributed by atoms with Gasteiger partial charge < -0.3 is 10.2 Å². The molecule has 1 unspecified atom stereocenters. The van der Waals surface area contributed by atoms with Gasteiger partial charge >= 0.3 is 0 Å². The fourth-order valence-corrected chi connectivity index (χ4v) is 4.78. The topological polar surface area (TPSA) is 40.5 Å². The van der Waals surface area contributed by atoms with E-state index in [9.17, 15) is 0 Å². The van der Waals surface area contributed by atoms with Crippen LogP contribution in [-0.4, -0.2) is 53.5 Å². The second-order valence-corrected chi connectivity index (χ2v) is 8.89. The summed E-state index contributed by atoms with van der Waals surface area (Å²) >= 11 is 3.87. The molecule has 2 heterocycles. The zero-order valence-electron chi connectivity index (χ0n) is 15.4. The number of nitrogens with zero attached hydrogens (tertiary/aromatic N) is 3. The van der Waals surface area contributed by atoms with Crippen LogP contribution in [0.2, 0.25) is 0 Å². The molecule has 1 atom stereocenters. The molecule has 0 radical (unpaired) electrons. The Balaban J connectivity index is 0.00000288. The zero-order chi connectivity index (χ0) is 16.8. The molecule has 1 N–H and O–H groups in total. The highest BCUT2D eigenvalue weighted by atomic mass is 127. The zero-order valence-corrected chi connectivity index (χ0v) is 19.4. The van der Waals surface area contributed by atoms with Crippen molar-refractivity contribution in [2.75, 3.05) is 32.4 Å². The van der Waals surface area contributed by atoms with E-state index < -0.39 is 0 Å². The summed E-state index contributed by atoms with van der Waals surface area (Å²) in [5.74, 6) is 3.46. The second-order valence-electron chi connectivity index (χ2n) is 6.66. The molecule has 24 heavy (non-hydrogen) atoms. The lowest BCUT2D eigenvalue weighted by molar-refractivity contribution is 0.381. The van der Waals surface area contributed by atoms with Crippen molar-refractivity contribution >= 4 is 53.0 Å². The van der Waals surface area contributed by atoms with Crippen molar-refractivity contribution in [3.8, 4) is 0 Å². The molecule has 138 valence electrons. The number of thioether (sulfide) groups is 1. The molecule has 0 bridgehead atoms. The second kappa shape index (κ2) is 10.9. The van der Waals surface area contributed by atoms with Gasteiger partial charge in [0.2, 0.25) is 0 Å². The van der Waals surface area contributed by atoms with Crippen molar-refractivity contribution in [2.24, 2.45) is 10.9 Å². The van der Waals surface area contributed by atoms with Gasteiger partial charge in [-0.1, -0.05) is 27.7 Å². The third-order valence-electron chi connectivity index (χ3n) is 4.08. The Morgan fingerprint density at radius 1 is 1.42 bits per heavy atom. The van der Waals surface area contributed by atoms with Crippen molar-refractivity contribution in [3.05, 3.63) is 16.1 Å². The van der Waals surface area contributed by atoms with Crippen LogP contribution in [0, 0.1) is 5.92 Å². The molecule has 1 aliphatic rings. The average Bonchev–Trinajstić information content (AvgIpc) is 3.01. The van der Waals surface area contributed by atoms with Crippen molar-refractivity contribution in [1.29, 1.82) is 0 Å². The molecular weight excluding hydrogens is 451 g/mol. The standard InChI is InChI=1S/C17H30N4S2.HI/c1-12(2)15-10-21(8-9-22-15)17(18-5)19-7-6-14-11-23-16(20-14)13(3)4;/h11-13,15H,6-10H2,1-5H3,(H,18,19);1H. The lowest BCUT2D eigenvalue weighted by Gasteiger charge is -2.36. The van der Waals surface area contributed by atoms with Crippen LogP contribution in [0.5, 0.6) is 0 Å². The van der Waals surface area contributed by atoms with Gasteiger partial charge in [-0.25, -0.2) is 4.98 Å². The minimum Gasteiger partial charge on any atom is -0.356 e. The Labute approximate surface area is 172 Å². The highest BCUT2D eigenvalue weighted by Crippen LogP contribution is 2.25. The van der Waals surface area contributed by atoms with Crippen molar-refractivity contribution in [2.45, 2.75) is 45.3 Å². The molecule has 7 heteroatoms. The summed E-state index contributed by atoms with van der Waals surface area (Å²) in [6.07, 6.45) is 0.957. The Hall–Kier alpha value is -0.0200. The molecule has 1 saturated heterocycles. The number of guanidine groups is 1. The van der Waals surface area contributed by atoms with E-state index >= 15 is 0 Å². The fourth-order valence-electron chi connectivity index (χ4n) is 2.61. The molecule has 1 fully saturated rings. The molecule has 0 amide bonds. The Bertz CT molecular complexity index is 516. The van der Waals surface area contributed by atoms with E-state index in [1.165, 1.54) is 16.5 Å². The molecule has 1 aromatic rings. The molecule has 1 aliphatic heterocycles. The SMILES string of the molecule is CN=C(NCCc1csc(C(C)C)n1)N1CCSC(C(C)C)C1.I. The van der Waals surface area contributed by atoms with Gasteiger partial charge in [0.25, 0.3) is 0 Å². The predicted octanol–water partition coefficient (Wildman–Crippen LogP) is 4.08. The number of halogens is 1. The van der Waals surface area contributed by atoms with E-state index in [-0.39, 0.29) is 24.0 Å². The minimum atomic E-state index is 0. The first-order valence-electron chi connectivity index (χ1n) is 8.52. The van der Waals surface area contributed by atoms with E-state index in [4.69, 9.17) is 4.98 Å². The molecular formula is C17H31IN4S2. The number of hydrogen-bond acceptors (Lipinski definition) is 4. The summed E-state index contributed by atoms with van der Waals surface area (Å²) < 4.78 is 0. The molecule has 2 rings (SSSR count). The highest BCUT2D eigenvalue weighted by Gasteiger charge is 2.24. The largest absolute Gasteiger partial charge is 0.356 e. The van der Waals surface area contributed by atoms with Crippen LogP contribution in [0.4, 0.5) is 0 Å². The van der Waals surface area contributed by atoms with E-state index in [1.54, 1.807) is 11.3 Å². The molecule has 1 aromatic heterocycles. The van der Waals surface area contributed by atoms with Crippen LogP contribution in [0.1, 0.15) is 44.3 Å². The molecule has 4 nitrogen and oxygen atoms in total. The Morgan fingerprint density at radius 3 is 2.75 bits per heavy atom. The summed E-state index contributed by atoms with van der Waals surface area (Å²) in [4.78, 5) is 11.6. The molecule has 0 saturated carbocycles. The van der Waals surface area contributed by atoms with Gasteiger partial charge in [-0.05, 0) is 5.92 Å². The quantitative estimate of drug-likeness (QED) is 0.390. The number of hydrogen-bond donors (Lipinski definition) is 1. The van der Waals surface area contributed by atoms with E-state index in [0.29, 0.717) is 17.1 Å². The number of rotatable bonds is 5. The van der Waals surface area contributed by atoms with Crippen LogP contribution in [0.3, 0.4) is 0 Å². The Kier molecular flexibility index (Phi) is 9.96. The van der Waals surface area contributed by atoms with Crippen molar-refractivity contribution in [3.63, 3.8) is 0 Å². The first kappa shape index (κ1) is 22.0. The summed E-state index contributed by atoms with van der Waals surface area (Å²) in [5.41, 5.74) is 1.19. The first-order valence-corrected chi connectivity index (χ1v) is 10.5. The summed E-state index contributed by atoms with van der Waals surface area (Å²) in [7, 11) is 1.88. The number of aromatic nitrogens is 1. The van der Waals surface area contributed by atoms with Crippen LogP contribution < -0.4 is 5.32 Å². The number of thiazole rings is 1. The van der Waals surface area contributed by atoms with Gasteiger partial charge in [0.05, 0.1) is 10.7 Å².